The molecule has 0 atom stereocenters. The van der Waals surface area contributed by atoms with Gasteiger partial charge in [0, 0.05) is 5.56 Å². The summed E-state index contributed by atoms with van der Waals surface area (Å²) < 4.78 is 22.3. The minimum absolute atomic E-state index is 0.301. The molecule has 3 aromatic rings. The van der Waals surface area contributed by atoms with Gasteiger partial charge >= 0.3 is 0 Å². The minimum Gasteiger partial charge on any atom is -0.248 e. The molecule has 2 aromatic carbocycles. The molecule has 19 heavy (non-hydrogen) atoms. The van der Waals surface area contributed by atoms with Gasteiger partial charge in [-0.05, 0) is 16.8 Å². The predicted octanol–water partition coefficient (Wildman–Crippen LogP) is 1.27. The van der Waals surface area contributed by atoms with Gasteiger partial charge in [-0.15, -0.1) is 0 Å². The lowest BCUT2D eigenvalue weighted by Crippen LogP contribution is -2.13. The summed E-state index contributed by atoms with van der Waals surface area (Å²) in [7, 11) is -3.86. The molecule has 0 bridgehead atoms. The number of aromatic nitrogens is 3. The van der Waals surface area contributed by atoms with Crippen molar-refractivity contribution in [2.24, 2.45) is 5.14 Å². The van der Waals surface area contributed by atoms with Crippen LogP contribution in [0.3, 0.4) is 0 Å². The van der Waals surface area contributed by atoms with E-state index < -0.39 is 10.0 Å². The van der Waals surface area contributed by atoms with E-state index in [2.05, 4.69) is 15.2 Å². The molecule has 0 aliphatic carbocycles. The summed E-state index contributed by atoms with van der Waals surface area (Å²) in [5.41, 5.74) is 0.727. The van der Waals surface area contributed by atoms with Crippen LogP contribution < -0.4 is 5.14 Å². The van der Waals surface area contributed by atoms with Crippen LogP contribution in [0.5, 0.6) is 0 Å². The fourth-order valence-corrected chi connectivity index (χ4v) is 2.22. The minimum atomic E-state index is -3.86. The first-order chi connectivity index (χ1) is 9.04. The zero-order valence-corrected chi connectivity index (χ0v) is 10.6. The highest BCUT2D eigenvalue weighted by Gasteiger charge is 2.14. The van der Waals surface area contributed by atoms with E-state index in [-0.39, 0.29) is 5.16 Å². The normalized spacial score (nSPS) is 11.8. The molecule has 3 rings (SSSR count). The lowest BCUT2D eigenvalue weighted by atomic mass is 10.1. The second kappa shape index (κ2) is 4.15. The maximum absolute atomic E-state index is 11.1. The third kappa shape index (κ3) is 2.20. The molecule has 6 nitrogen and oxygen atoms in total. The second-order valence-corrected chi connectivity index (χ2v) is 5.55. The van der Waals surface area contributed by atoms with E-state index >= 15 is 0 Å². The van der Waals surface area contributed by atoms with Gasteiger partial charge in [0.1, 0.15) is 0 Å². The van der Waals surface area contributed by atoms with Crippen LogP contribution in [0.2, 0.25) is 0 Å². The van der Waals surface area contributed by atoms with E-state index in [9.17, 15) is 8.42 Å². The van der Waals surface area contributed by atoms with Crippen LogP contribution in [0.15, 0.2) is 47.6 Å². The summed E-state index contributed by atoms with van der Waals surface area (Å²) in [5, 5.41) is 12.9. The molecular formula is C12H10N4O2S. The van der Waals surface area contributed by atoms with Gasteiger partial charge in [-0.1, -0.05) is 36.4 Å². The van der Waals surface area contributed by atoms with Crippen LogP contribution in [-0.2, 0) is 10.0 Å². The number of hydrogen-bond acceptors (Lipinski definition) is 4. The summed E-state index contributed by atoms with van der Waals surface area (Å²) in [6.45, 7) is 0. The van der Waals surface area contributed by atoms with Crippen LogP contribution in [0, 0.1) is 0 Å². The van der Waals surface area contributed by atoms with E-state index in [4.69, 9.17) is 5.14 Å². The van der Waals surface area contributed by atoms with Crippen molar-refractivity contribution >= 4 is 20.8 Å². The average Bonchev–Trinajstić information content (AvgIpc) is 2.87. The lowest BCUT2D eigenvalue weighted by Gasteiger charge is -1.99. The van der Waals surface area contributed by atoms with Gasteiger partial charge < -0.3 is 0 Å². The highest BCUT2D eigenvalue weighted by Crippen LogP contribution is 2.22. The standard InChI is InChI=1S/C12H10N4O2S/c13-19(17,18)12-14-11(15-16-12)10-6-5-8-3-1-2-4-9(8)7-10/h1-7H,(H2,13,17,18)(H,14,15,16). The van der Waals surface area contributed by atoms with Crippen molar-refractivity contribution in [1.82, 2.24) is 15.2 Å². The molecule has 3 N–H and O–H groups in total. The highest BCUT2D eigenvalue weighted by atomic mass is 32.2. The molecule has 0 aliphatic heterocycles. The first kappa shape index (κ1) is 11.8. The van der Waals surface area contributed by atoms with Crippen LogP contribution in [0.1, 0.15) is 0 Å². The summed E-state index contributed by atoms with van der Waals surface area (Å²) in [6, 6.07) is 13.5. The van der Waals surface area contributed by atoms with Crippen LogP contribution in [0.25, 0.3) is 22.2 Å². The zero-order valence-electron chi connectivity index (χ0n) is 9.74. The number of fused-ring (bicyclic) bond motifs is 1. The van der Waals surface area contributed by atoms with E-state index in [1.807, 2.05) is 42.5 Å². The Hall–Kier alpha value is -2.25. The number of rotatable bonds is 2. The molecule has 0 radical (unpaired) electrons. The molecule has 1 heterocycles. The zero-order chi connectivity index (χ0) is 13.5. The fraction of sp³-hybridized carbons (Fsp3) is 0. The van der Waals surface area contributed by atoms with Crippen molar-refractivity contribution in [2.75, 3.05) is 0 Å². The topological polar surface area (TPSA) is 102 Å². The molecule has 0 unspecified atom stereocenters. The predicted molar refractivity (Wildman–Crippen MR) is 70.7 cm³/mol. The van der Waals surface area contributed by atoms with Crippen LogP contribution in [-0.4, -0.2) is 23.6 Å². The number of aromatic amines is 1. The van der Waals surface area contributed by atoms with Gasteiger partial charge in [-0.2, -0.15) is 10.1 Å². The monoisotopic (exact) mass is 274 g/mol. The number of sulfonamides is 1. The van der Waals surface area contributed by atoms with Gasteiger partial charge in [0.15, 0.2) is 5.82 Å². The lowest BCUT2D eigenvalue weighted by molar-refractivity contribution is 0.589. The van der Waals surface area contributed by atoms with Crippen LogP contribution in [0.4, 0.5) is 0 Å². The van der Waals surface area contributed by atoms with Gasteiger partial charge in [0.25, 0.3) is 15.2 Å². The summed E-state index contributed by atoms with van der Waals surface area (Å²) in [6.07, 6.45) is 0. The molecule has 0 amide bonds. The quantitative estimate of drug-likeness (QED) is 0.734. The number of H-pyrrole nitrogens is 1. The number of nitrogens with two attached hydrogens (primary N) is 1. The Labute approximate surface area is 109 Å². The Balaban J connectivity index is 2.11. The molecule has 0 spiro atoms. The number of hydrogen-bond donors (Lipinski definition) is 2. The SMILES string of the molecule is NS(=O)(=O)c1nc(-c2ccc3ccccc3c2)n[nH]1. The Bertz CT molecular complexity index is 855. The highest BCUT2D eigenvalue weighted by molar-refractivity contribution is 7.89. The second-order valence-electron chi connectivity index (χ2n) is 4.07. The van der Waals surface area contributed by atoms with Crippen molar-refractivity contribution in [3.05, 3.63) is 42.5 Å². The third-order valence-corrected chi connectivity index (χ3v) is 3.46. The molecule has 7 heteroatoms. The summed E-state index contributed by atoms with van der Waals surface area (Å²) in [4.78, 5) is 3.88. The number of nitrogens with one attached hydrogen (secondary N) is 1. The Morgan fingerprint density at radius 3 is 2.47 bits per heavy atom. The maximum atomic E-state index is 11.1. The molecule has 0 saturated heterocycles. The van der Waals surface area contributed by atoms with E-state index in [0.29, 0.717) is 5.82 Å². The number of benzene rings is 2. The van der Waals surface area contributed by atoms with Gasteiger partial charge in [0.05, 0.1) is 0 Å². The van der Waals surface area contributed by atoms with Crippen LogP contribution >= 0.6 is 0 Å². The van der Waals surface area contributed by atoms with E-state index in [0.717, 1.165) is 16.3 Å². The van der Waals surface area contributed by atoms with Crippen molar-refractivity contribution in [3.63, 3.8) is 0 Å². The Morgan fingerprint density at radius 1 is 1.05 bits per heavy atom. The molecular weight excluding hydrogens is 264 g/mol. The largest absolute Gasteiger partial charge is 0.273 e. The third-order valence-electron chi connectivity index (χ3n) is 2.74. The average molecular weight is 274 g/mol. The molecule has 0 saturated carbocycles. The smallest absolute Gasteiger partial charge is 0.248 e. The first-order valence-electron chi connectivity index (χ1n) is 5.48. The van der Waals surface area contributed by atoms with E-state index in [1.165, 1.54) is 0 Å². The Morgan fingerprint density at radius 2 is 1.79 bits per heavy atom. The summed E-state index contributed by atoms with van der Waals surface area (Å²) >= 11 is 0. The fourth-order valence-electron chi connectivity index (χ4n) is 1.83. The molecule has 0 aliphatic rings. The van der Waals surface area contributed by atoms with Crippen molar-refractivity contribution in [1.29, 1.82) is 0 Å². The summed E-state index contributed by atoms with van der Waals surface area (Å²) in [5.74, 6) is 0.301. The number of nitrogens with zero attached hydrogens (tertiary/aromatic N) is 2. The van der Waals surface area contributed by atoms with Crippen molar-refractivity contribution in [3.8, 4) is 11.4 Å². The molecule has 1 aromatic heterocycles. The van der Waals surface area contributed by atoms with Crippen molar-refractivity contribution < 1.29 is 8.42 Å². The number of primary sulfonamides is 1. The van der Waals surface area contributed by atoms with Crippen molar-refractivity contribution in [2.45, 2.75) is 5.16 Å². The van der Waals surface area contributed by atoms with Gasteiger partial charge in [-0.25, -0.2) is 18.7 Å². The Kier molecular flexibility index (Phi) is 2.58. The van der Waals surface area contributed by atoms with Gasteiger partial charge in [-0.3, -0.25) is 0 Å². The van der Waals surface area contributed by atoms with Gasteiger partial charge in [0.2, 0.25) is 0 Å². The first-order valence-corrected chi connectivity index (χ1v) is 7.03. The molecule has 0 fully saturated rings. The molecule has 96 valence electrons. The van der Waals surface area contributed by atoms with E-state index in [1.54, 1.807) is 0 Å². The maximum Gasteiger partial charge on any atom is 0.273 e.